The fourth-order valence-corrected chi connectivity index (χ4v) is 15.1. The fraction of sp³-hybridized carbons (Fsp3) is 0.713. The second kappa shape index (κ2) is 47.2. The van der Waals surface area contributed by atoms with Gasteiger partial charge in [-0.2, -0.15) is 0 Å². The van der Waals surface area contributed by atoms with Gasteiger partial charge in [0.25, 0.3) is 5.69 Å². The van der Waals surface area contributed by atoms with Crippen LogP contribution in [0.5, 0.6) is 11.5 Å². The van der Waals surface area contributed by atoms with Crippen LogP contribution in [-0.2, 0) is 61.8 Å². The summed E-state index contributed by atoms with van der Waals surface area (Å²) in [6.45, 7) is 29.3. The molecule has 2 aromatic rings. The molecule has 10 aliphatic rings. The second-order valence-electron chi connectivity index (χ2n) is 36.6. The van der Waals surface area contributed by atoms with Crippen LogP contribution in [0.3, 0.4) is 0 Å². The lowest BCUT2D eigenvalue weighted by Gasteiger charge is -2.47. The third-order valence-electron chi connectivity index (χ3n) is 21.2. The molecule has 41 heteroatoms. The molecule has 0 radical (unpaired) electrons. The lowest BCUT2D eigenvalue weighted by molar-refractivity contribution is -0.497. The summed E-state index contributed by atoms with van der Waals surface area (Å²) in [6.07, 6.45) is 7.51. The highest BCUT2D eigenvalue weighted by molar-refractivity contribution is 6.61. The van der Waals surface area contributed by atoms with Gasteiger partial charge in [-0.15, -0.1) is 0 Å². The average molecular weight is 1840 g/mol. The molecule has 10 fully saturated rings. The number of rotatable bonds is 16. The van der Waals surface area contributed by atoms with Crippen LogP contribution in [0.1, 0.15) is 211 Å². The van der Waals surface area contributed by atoms with Crippen molar-refractivity contribution in [2.45, 2.75) is 299 Å². The van der Waals surface area contributed by atoms with Gasteiger partial charge < -0.3 is 97.7 Å². The predicted molar refractivity (Wildman–Crippen MR) is 470 cm³/mol. The zero-order chi connectivity index (χ0) is 91.3. The van der Waals surface area contributed by atoms with E-state index < -0.39 is 123 Å². The van der Waals surface area contributed by atoms with E-state index in [4.69, 9.17) is 59.0 Å². The monoisotopic (exact) mass is 1840 g/mol. The van der Waals surface area contributed by atoms with Gasteiger partial charge in [0.15, 0.2) is 18.1 Å². The molecule has 8 atom stereocenters. The molecule has 4 saturated carbocycles. The smallest absolute Gasteiger partial charge is 0.415 e. The Morgan fingerprint density at radius 1 is 0.445 bits per heavy atom. The van der Waals surface area contributed by atoms with Crippen LogP contribution in [0.15, 0.2) is 48.5 Å². The van der Waals surface area contributed by atoms with E-state index in [1.807, 2.05) is 14.7 Å². The highest BCUT2D eigenvalue weighted by Crippen LogP contribution is 2.41. The van der Waals surface area contributed by atoms with E-state index in [0.717, 1.165) is 64.3 Å². The van der Waals surface area contributed by atoms with Gasteiger partial charge in [0.2, 0.25) is 0 Å². The van der Waals surface area contributed by atoms with E-state index in [1.165, 1.54) is 101 Å². The molecule has 6 aliphatic heterocycles. The number of carbonyl (C=O) groups excluding carboxylic acids is 13. The molecule has 724 valence electrons. The summed E-state index contributed by atoms with van der Waals surface area (Å²) in [5, 5.41) is 21.2. The van der Waals surface area contributed by atoms with Gasteiger partial charge in [0, 0.05) is 119 Å². The van der Waals surface area contributed by atoms with Crippen LogP contribution in [0, 0.1) is 27.2 Å². The number of quaternary nitrogens is 1. The molecule has 128 heavy (non-hydrogen) atoms. The first kappa shape index (κ1) is 112. The van der Waals surface area contributed by atoms with Crippen molar-refractivity contribution in [3.63, 3.8) is 0 Å². The van der Waals surface area contributed by atoms with Gasteiger partial charge >= 0.3 is 77.9 Å². The first-order chi connectivity index (χ1) is 57.5. The van der Waals surface area contributed by atoms with E-state index in [-0.39, 0.29) is 140 Å². The standard InChI is InChI=1S/C27H40N4O9.C21H36N2O6.C16H25N3O5.C12H18N2O3.C7H4ClNO4.4CH4.H2O/c1-26(2,3)39-24(34)29-14-15-30(25(35)40-27(4,5)6)21(22(32)37-7)20(29)16-31(18-10-11-18)23(33)38-19-12-8-17(28-36)9-13-19;1-20(2,3)28-18(25)22-12-13-23(19(26)29-21(4,5)6)16(17(24)27-7)15(22)11-10-14-8-9-14;1-16(2,3)24-15(22)18-8-7-17-11(12(18)13(20)23-4)9-19(14(17)21)10-5-6-10;1-17-11(15)9-3-2-6-13-10(9)7-14(12(13)16)8-4-5-8;8-7(10)13-6-3-1-5(2-4-6)9(11)12;;;;;/h8-9,12-13,18,20-21H,10-11,14-16,28H2,1-7H3;14-16H,8-13H2,1-7H3;10-12H,5-9H2,1-4H3;8-10H,2-7H2,1H3;1-4H;4*1H4;1H2/t20-,21+;15-,16+;11-,12+;9-,10+;;;;;;/m0001....../s1. The van der Waals surface area contributed by atoms with Gasteiger partial charge in [0.1, 0.15) is 45.2 Å². The number of nitro benzene ring substituents is 1. The summed E-state index contributed by atoms with van der Waals surface area (Å²) in [7, 11) is 5.20. The molecule has 6 saturated heterocycles. The lowest BCUT2D eigenvalue weighted by atomic mass is 9.90. The Hall–Kier alpha value is -10.5. The maximum atomic E-state index is 13.4. The van der Waals surface area contributed by atoms with Crippen LogP contribution in [0.4, 0.5) is 54.5 Å². The van der Waals surface area contributed by atoms with E-state index in [1.54, 1.807) is 114 Å². The Bertz CT molecular complexity index is 4100. The second-order valence-corrected chi connectivity index (χ2v) is 36.9. The van der Waals surface area contributed by atoms with Crippen molar-refractivity contribution in [2.24, 2.45) is 11.8 Å². The molecule has 0 bridgehead atoms. The predicted octanol–water partition coefficient (Wildman–Crippen LogP) is 12.3. The van der Waals surface area contributed by atoms with Crippen LogP contribution < -0.4 is 15.0 Å². The summed E-state index contributed by atoms with van der Waals surface area (Å²) < 4.78 is 57.5. The molecular weight excluding hydrogens is 1700 g/mol. The molecule has 40 nitrogen and oxygen atoms in total. The number of methoxy groups -OCH3 is 4. The molecule has 6 heterocycles. The summed E-state index contributed by atoms with van der Waals surface area (Å²) in [5.74, 6) is -1.10. The summed E-state index contributed by atoms with van der Waals surface area (Å²) in [5.41, 5.74) is -3.60. The molecule has 4 aliphatic carbocycles. The van der Waals surface area contributed by atoms with Crippen LogP contribution >= 0.6 is 11.6 Å². The fourth-order valence-electron chi connectivity index (χ4n) is 15.0. The van der Waals surface area contributed by atoms with Gasteiger partial charge in [0.05, 0.1) is 63.4 Å². The molecule has 12 rings (SSSR count). The lowest BCUT2D eigenvalue weighted by Crippen LogP contribution is -2.70. The zero-order valence-corrected chi connectivity index (χ0v) is 75.3. The summed E-state index contributed by atoms with van der Waals surface area (Å²) in [6, 6.07) is 6.78. The minimum atomic E-state index is -1.28. The quantitative estimate of drug-likeness (QED) is 0.0407. The average Bonchev–Trinajstić information content (AvgIpc) is 1.60. The highest BCUT2D eigenvalue weighted by Gasteiger charge is 2.57. The highest BCUT2D eigenvalue weighted by atomic mass is 35.5. The number of nitrogens with zero attached hydrogens (tertiary/aromatic N) is 11. The van der Waals surface area contributed by atoms with Crippen LogP contribution in [-0.4, -0.2) is 320 Å². The molecular formula is C87H141ClN12O28. The number of ether oxygens (including phenoxy) is 11. The van der Waals surface area contributed by atoms with Crippen LogP contribution in [0.25, 0.3) is 0 Å². The number of hydrogen-bond donors (Lipinski definition) is 1. The number of benzene rings is 2. The number of esters is 4. The summed E-state index contributed by atoms with van der Waals surface area (Å²) >= 11 is 4.92. The number of carbonyl (C=O) groups is 13. The number of fused-ring (bicyclic) bond motifs is 2. The number of piperazine rings is 3. The maximum absolute atomic E-state index is 13.4. The van der Waals surface area contributed by atoms with E-state index in [2.05, 4.69) is 4.74 Å². The largest absolute Gasteiger partial charge is 0.630 e. The topological polar surface area (TPSA) is 470 Å². The Morgan fingerprint density at radius 2 is 0.805 bits per heavy atom. The first-order valence-corrected chi connectivity index (χ1v) is 42.0. The summed E-state index contributed by atoms with van der Waals surface area (Å²) in [4.78, 5) is 188. The van der Waals surface area contributed by atoms with Crippen molar-refractivity contribution in [1.82, 2.24) is 49.0 Å². The van der Waals surface area contributed by atoms with Gasteiger partial charge in [-0.1, -0.05) is 42.5 Å². The molecule has 0 spiro atoms. The third-order valence-corrected chi connectivity index (χ3v) is 21.2. The number of piperidine rings is 1. The van der Waals surface area contributed by atoms with Crippen molar-refractivity contribution in [3.8, 4) is 11.5 Å². The van der Waals surface area contributed by atoms with Crippen LogP contribution in [0.2, 0.25) is 0 Å². The molecule has 10 amide bonds. The number of hydrogen-bond acceptors (Lipinski definition) is 27. The van der Waals surface area contributed by atoms with Gasteiger partial charge in [-0.05, 0) is 198 Å². The van der Waals surface area contributed by atoms with Crippen molar-refractivity contribution in [2.75, 3.05) is 93.9 Å². The molecule has 0 unspecified atom stereocenters. The van der Waals surface area contributed by atoms with Crippen molar-refractivity contribution in [1.29, 1.82) is 0 Å². The maximum Gasteiger partial charge on any atom is 0.415 e. The minimum Gasteiger partial charge on any atom is -0.630 e. The Morgan fingerprint density at radius 3 is 1.19 bits per heavy atom. The number of urea groups is 2. The van der Waals surface area contributed by atoms with Crippen molar-refractivity contribution in [3.05, 3.63) is 63.9 Å². The van der Waals surface area contributed by atoms with Crippen molar-refractivity contribution < 1.29 is 130 Å². The normalized spacial score (nSPS) is 21.6. The zero-order valence-electron chi connectivity index (χ0n) is 74.5. The minimum absolute atomic E-state index is 0. The SMILES string of the molecule is C.C.C.C.COC(=O)[C@@H]1CCCN2C(=O)N(C3CC3)C[C@@H]12.COC(=O)[C@H]1[C@@H]2CN(C3CC3)C(=O)N2CCN1C(=O)OC(C)(C)C.COC(=O)[C@H]1[C@H](CCC2CC2)N(C(=O)OC(C)(C)C)CCN1C(=O)OC(C)(C)C.COC(=O)[C@H]1[C@H](CN(C(=O)Oc2ccc([NH2+][O-])cc2)C2CC2)N(C(=O)OC(C)(C)C)CCN1C(=O)OC(C)(C)C.O.O=C(Cl)Oc1ccc([N+](=O)[O-])cc1. The van der Waals surface area contributed by atoms with Gasteiger partial charge in [-0.3, -0.25) is 34.5 Å². The Labute approximate surface area is 757 Å². The van der Waals surface area contributed by atoms with E-state index >= 15 is 0 Å². The molecule has 0 aromatic heterocycles. The Kier molecular flexibility index (Phi) is 41.2. The van der Waals surface area contributed by atoms with E-state index in [0.29, 0.717) is 62.0 Å². The molecule has 4 N–H and O–H groups in total. The van der Waals surface area contributed by atoms with Crippen molar-refractivity contribution >= 4 is 101 Å². The number of nitrogens with two attached hydrogens (primary N) is 1. The first-order valence-electron chi connectivity index (χ1n) is 41.6. The van der Waals surface area contributed by atoms with E-state index in [9.17, 15) is 77.7 Å². The van der Waals surface area contributed by atoms with Gasteiger partial charge in [-0.25, -0.2) is 57.5 Å². The number of non-ortho nitro benzene ring substituents is 1. The number of amides is 10. The number of halogens is 1. The third kappa shape index (κ3) is 31.7. The molecule has 2 aromatic carbocycles. The number of nitro groups is 1. The Balaban J connectivity index is 0.000000427.